The molecule has 1 rings (SSSR count). The number of carbonyl (C=O) groups is 1. The van der Waals surface area contributed by atoms with E-state index in [1.165, 1.54) is 0 Å². The molecule has 1 unspecified atom stereocenters. The summed E-state index contributed by atoms with van der Waals surface area (Å²) in [7, 11) is 3.97. The molecule has 0 saturated carbocycles. The zero-order chi connectivity index (χ0) is 18.2. The molecule has 1 aromatic carbocycles. The lowest BCUT2D eigenvalue weighted by atomic mass is 10.2. The van der Waals surface area contributed by atoms with Crippen molar-refractivity contribution in [2.75, 3.05) is 33.8 Å². The molecule has 0 saturated heterocycles. The minimum absolute atomic E-state index is 0.325. The summed E-state index contributed by atoms with van der Waals surface area (Å²) in [4.78, 5) is 14.4. The van der Waals surface area contributed by atoms with Crippen molar-refractivity contribution in [3.05, 3.63) is 29.8 Å². The van der Waals surface area contributed by atoms with E-state index < -0.39 is 9.96 Å². The molecule has 1 aromatic rings. The average Bonchev–Trinajstić information content (AvgIpc) is 2.50. The summed E-state index contributed by atoms with van der Waals surface area (Å²) in [6.45, 7) is 3.97. The topological polar surface area (TPSA) is 53.6 Å². The predicted molar refractivity (Wildman–Crippen MR) is 100 cm³/mol. The molecule has 0 heterocycles. The van der Waals surface area contributed by atoms with E-state index in [1.807, 2.05) is 21.0 Å². The van der Waals surface area contributed by atoms with Crippen LogP contribution in [0.5, 0.6) is 5.75 Å². The minimum atomic E-state index is -1.65. The van der Waals surface area contributed by atoms with Gasteiger partial charge in [0, 0.05) is 5.56 Å². The SMILES string of the molecule is CCOc1ccc(C(=O)NC(NCCCN(C)C)C(Cl)(Cl)Cl)cc1. The number of alkyl halides is 3. The summed E-state index contributed by atoms with van der Waals surface area (Å²) in [5, 5.41) is 5.78. The third-order valence-electron chi connectivity index (χ3n) is 3.16. The molecule has 0 fully saturated rings. The van der Waals surface area contributed by atoms with Crippen LogP contribution in [0.3, 0.4) is 0 Å². The highest BCUT2D eigenvalue weighted by Gasteiger charge is 2.33. The van der Waals surface area contributed by atoms with Gasteiger partial charge in [0.1, 0.15) is 11.9 Å². The molecule has 1 amide bonds. The van der Waals surface area contributed by atoms with E-state index in [0.29, 0.717) is 24.5 Å². The highest BCUT2D eigenvalue weighted by atomic mass is 35.6. The van der Waals surface area contributed by atoms with E-state index in [4.69, 9.17) is 39.5 Å². The Morgan fingerprint density at radius 1 is 1.25 bits per heavy atom. The largest absolute Gasteiger partial charge is 0.494 e. The minimum Gasteiger partial charge on any atom is -0.494 e. The summed E-state index contributed by atoms with van der Waals surface area (Å²) in [6.07, 6.45) is 0.0760. The van der Waals surface area contributed by atoms with Crippen LogP contribution in [0.15, 0.2) is 24.3 Å². The Kier molecular flexibility index (Phi) is 9.16. The average molecular weight is 397 g/mol. The molecule has 0 spiro atoms. The van der Waals surface area contributed by atoms with E-state index in [9.17, 15) is 4.79 Å². The van der Waals surface area contributed by atoms with Crippen molar-refractivity contribution in [2.45, 2.75) is 23.3 Å². The molecule has 0 bridgehead atoms. The van der Waals surface area contributed by atoms with Gasteiger partial charge in [-0.2, -0.15) is 0 Å². The maximum absolute atomic E-state index is 12.3. The number of nitrogens with zero attached hydrogens (tertiary/aromatic N) is 1. The summed E-state index contributed by atoms with van der Waals surface area (Å²) in [5.74, 6) is 0.378. The van der Waals surface area contributed by atoms with E-state index in [-0.39, 0.29) is 5.91 Å². The van der Waals surface area contributed by atoms with Gasteiger partial charge in [-0.25, -0.2) is 0 Å². The Morgan fingerprint density at radius 2 is 1.88 bits per heavy atom. The van der Waals surface area contributed by atoms with Crippen LogP contribution in [-0.2, 0) is 0 Å². The van der Waals surface area contributed by atoms with Gasteiger partial charge in [0.2, 0.25) is 3.79 Å². The van der Waals surface area contributed by atoms with Gasteiger partial charge in [-0.3, -0.25) is 10.1 Å². The molecule has 2 N–H and O–H groups in total. The fourth-order valence-corrected chi connectivity index (χ4v) is 2.37. The van der Waals surface area contributed by atoms with Gasteiger partial charge in [0.15, 0.2) is 0 Å². The molecule has 0 aromatic heterocycles. The van der Waals surface area contributed by atoms with Crippen LogP contribution >= 0.6 is 34.8 Å². The van der Waals surface area contributed by atoms with Crippen molar-refractivity contribution in [3.63, 3.8) is 0 Å². The zero-order valence-electron chi connectivity index (χ0n) is 14.1. The van der Waals surface area contributed by atoms with Crippen LogP contribution in [0.2, 0.25) is 0 Å². The zero-order valence-corrected chi connectivity index (χ0v) is 16.4. The van der Waals surface area contributed by atoms with Gasteiger partial charge in [-0.1, -0.05) is 34.8 Å². The van der Waals surface area contributed by atoms with Crippen molar-refractivity contribution >= 4 is 40.7 Å². The molecule has 5 nitrogen and oxygen atoms in total. The lowest BCUT2D eigenvalue weighted by molar-refractivity contribution is 0.0929. The number of amides is 1. The first-order valence-corrected chi connectivity index (χ1v) is 8.86. The standard InChI is InChI=1S/C16H24Cl3N3O2/c1-4-24-13-8-6-12(7-9-13)14(23)21-15(16(17,18)19)20-10-5-11-22(2)3/h6-9,15,20H,4-5,10-11H2,1-3H3,(H,21,23). The lowest BCUT2D eigenvalue weighted by Gasteiger charge is -2.27. The maximum atomic E-state index is 12.3. The molecule has 8 heteroatoms. The Morgan fingerprint density at radius 3 is 2.38 bits per heavy atom. The van der Waals surface area contributed by atoms with Gasteiger partial charge >= 0.3 is 0 Å². The molecule has 24 heavy (non-hydrogen) atoms. The van der Waals surface area contributed by atoms with Crippen LogP contribution in [0.25, 0.3) is 0 Å². The van der Waals surface area contributed by atoms with E-state index in [1.54, 1.807) is 24.3 Å². The fourth-order valence-electron chi connectivity index (χ4n) is 1.97. The first-order chi connectivity index (χ1) is 11.2. The Labute approximate surface area is 158 Å². The lowest BCUT2D eigenvalue weighted by Crippen LogP contribution is -2.53. The number of rotatable bonds is 9. The van der Waals surface area contributed by atoms with Crippen molar-refractivity contribution in [1.29, 1.82) is 0 Å². The molecule has 0 aliphatic carbocycles. The van der Waals surface area contributed by atoms with Crippen LogP contribution in [-0.4, -0.2) is 54.6 Å². The van der Waals surface area contributed by atoms with E-state index >= 15 is 0 Å². The predicted octanol–water partition coefficient (Wildman–Crippen LogP) is 3.05. The van der Waals surface area contributed by atoms with Crippen molar-refractivity contribution in [2.24, 2.45) is 0 Å². The third-order valence-corrected chi connectivity index (χ3v) is 3.82. The Balaban J connectivity index is 2.63. The van der Waals surface area contributed by atoms with E-state index in [2.05, 4.69) is 15.5 Å². The van der Waals surface area contributed by atoms with Crippen LogP contribution in [0.1, 0.15) is 23.7 Å². The summed E-state index contributed by atoms with van der Waals surface area (Å²) < 4.78 is 3.70. The van der Waals surface area contributed by atoms with Crippen LogP contribution in [0, 0.1) is 0 Å². The monoisotopic (exact) mass is 395 g/mol. The van der Waals surface area contributed by atoms with Crippen molar-refractivity contribution in [3.8, 4) is 5.75 Å². The quantitative estimate of drug-likeness (QED) is 0.383. The summed E-state index contributed by atoms with van der Waals surface area (Å²) in [6, 6.07) is 6.80. The van der Waals surface area contributed by atoms with Crippen molar-refractivity contribution < 1.29 is 9.53 Å². The second kappa shape index (κ2) is 10.3. The van der Waals surface area contributed by atoms with Gasteiger partial charge in [-0.15, -0.1) is 0 Å². The van der Waals surface area contributed by atoms with Crippen molar-refractivity contribution in [1.82, 2.24) is 15.5 Å². The first kappa shape index (κ1) is 21.3. The number of hydrogen-bond donors (Lipinski definition) is 2. The molecule has 0 aliphatic heterocycles. The van der Waals surface area contributed by atoms with Gasteiger partial charge < -0.3 is 15.0 Å². The van der Waals surface area contributed by atoms with Gasteiger partial charge in [0.05, 0.1) is 6.61 Å². The highest BCUT2D eigenvalue weighted by Crippen LogP contribution is 2.29. The first-order valence-electron chi connectivity index (χ1n) is 7.72. The molecule has 136 valence electrons. The number of halogens is 3. The number of benzene rings is 1. The number of hydrogen-bond acceptors (Lipinski definition) is 4. The normalized spacial score (nSPS) is 13.0. The number of nitrogens with one attached hydrogen (secondary N) is 2. The molecular formula is C16H24Cl3N3O2. The maximum Gasteiger partial charge on any atom is 0.252 e. The van der Waals surface area contributed by atoms with E-state index in [0.717, 1.165) is 13.0 Å². The number of carbonyl (C=O) groups excluding carboxylic acids is 1. The van der Waals surface area contributed by atoms with Gasteiger partial charge in [0.25, 0.3) is 5.91 Å². The fraction of sp³-hybridized carbons (Fsp3) is 0.562. The second-order valence-corrected chi connectivity index (χ2v) is 7.89. The summed E-state index contributed by atoms with van der Waals surface area (Å²) in [5.41, 5.74) is 0.466. The molecule has 0 radical (unpaired) electrons. The Bertz CT molecular complexity index is 504. The molecule has 0 aliphatic rings. The van der Waals surface area contributed by atoms with Gasteiger partial charge in [-0.05, 0) is 64.8 Å². The molecule has 1 atom stereocenters. The Hall–Kier alpha value is -0.720. The van der Waals surface area contributed by atoms with Crippen LogP contribution in [0.4, 0.5) is 0 Å². The number of ether oxygens (including phenoxy) is 1. The smallest absolute Gasteiger partial charge is 0.252 e. The third kappa shape index (κ3) is 7.90. The molecular weight excluding hydrogens is 373 g/mol. The highest BCUT2D eigenvalue weighted by molar-refractivity contribution is 6.68. The van der Waals surface area contributed by atoms with Crippen LogP contribution < -0.4 is 15.4 Å². The summed E-state index contributed by atoms with van der Waals surface area (Å²) >= 11 is 17.9. The second-order valence-electron chi connectivity index (χ2n) is 5.52.